The Balaban J connectivity index is 2.14. The summed E-state index contributed by atoms with van der Waals surface area (Å²) in [5.41, 5.74) is 6.51. The van der Waals surface area contributed by atoms with Crippen LogP contribution < -0.4 is 5.73 Å². The number of rotatable bonds is 2. The SMILES string of the molecule is CC(C1CCCC1)n1c(N)nc2c(F)cc(F)cc21. The highest BCUT2D eigenvalue weighted by Crippen LogP contribution is 2.37. The monoisotopic (exact) mass is 265 g/mol. The van der Waals surface area contributed by atoms with Gasteiger partial charge in [-0.3, -0.25) is 0 Å². The summed E-state index contributed by atoms with van der Waals surface area (Å²) in [6, 6.07) is 2.28. The Morgan fingerprint density at radius 1 is 1.32 bits per heavy atom. The summed E-state index contributed by atoms with van der Waals surface area (Å²) in [4.78, 5) is 4.05. The van der Waals surface area contributed by atoms with Crippen molar-refractivity contribution in [3.63, 3.8) is 0 Å². The largest absolute Gasteiger partial charge is 0.369 e. The van der Waals surface area contributed by atoms with Crippen LogP contribution in [0.1, 0.15) is 38.6 Å². The number of fused-ring (bicyclic) bond motifs is 1. The summed E-state index contributed by atoms with van der Waals surface area (Å²) in [5.74, 6) is -0.478. The second-order valence-corrected chi connectivity index (χ2v) is 5.38. The van der Waals surface area contributed by atoms with Crippen LogP contribution in [-0.4, -0.2) is 9.55 Å². The van der Waals surface area contributed by atoms with Gasteiger partial charge in [0.2, 0.25) is 5.95 Å². The van der Waals surface area contributed by atoms with Gasteiger partial charge in [-0.15, -0.1) is 0 Å². The molecule has 1 unspecified atom stereocenters. The average molecular weight is 265 g/mol. The van der Waals surface area contributed by atoms with E-state index in [1.807, 2.05) is 0 Å². The third kappa shape index (κ3) is 1.97. The van der Waals surface area contributed by atoms with Crippen molar-refractivity contribution in [2.45, 2.75) is 38.6 Å². The lowest BCUT2D eigenvalue weighted by molar-refractivity contribution is 0.371. The number of hydrogen-bond acceptors (Lipinski definition) is 2. The van der Waals surface area contributed by atoms with Crippen LogP contribution in [0, 0.1) is 17.6 Å². The molecule has 1 saturated carbocycles. The first-order valence-corrected chi connectivity index (χ1v) is 6.70. The molecule has 0 radical (unpaired) electrons. The molecule has 0 amide bonds. The average Bonchev–Trinajstić information content (AvgIpc) is 2.95. The van der Waals surface area contributed by atoms with E-state index in [2.05, 4.69) is 11.9 Å². The Labute approximate surface area is 110 Å². The zero-order chi connectivity index (χ0) is 13.6. The second kappa shape index (κ2) is 4.47. The van der Waals surface area contributed by atoms with Gasteiger partial charge in [0, 0.05) is 18.2 Å². The number of imidazole rings is 1. The number of halogens is 2. The van der Waals surface area contributed by atoms with E-state index >= 15 is 0 Å². The first kappa shape index (κ1) is 12.4. The minimum Gasteiger partial charge on any atom is -0.369 e. The molecular formula is C14H17F2N3. The van der Waals surface area contributed by atoms with Crippen molar-refractivity contribution in [3.8, 4) is 0 Å². The molecule has 1 aromatic heterocycles. The fraction of sp³-hybridized carbons (Fsp3) is 0.500. The Bertz CT molecular complexity index is 615. The summed E-state index contributed by atoms with van der Waals surface area (Å²) < 4.78 is 28.9. The highest BCUT2D eigenvalue weighted by Gasteiger charge is 2.26. The van der Waals surface area contributed by atoms with Crippen molar-refractivity contribution in [2.24, 2.45) is 5.92 Å². The molecule has 0 bridgehead atoms. The van der Waals surface area contributed by atoms with Crippen molar-refractivity contribution >= 4 is 17.0 Å². The first-order valence-electron chi connectivity index (χ1n) is 6.70. The summed E-state index contributed by atoms with van der Waals surface area (Å²) in [6.45, 7) is 2.05. The van der Waals surface area contributed by atoms with Gasteiger partial charge in [-0.2, -0.15) is 0 Å². The lowest BCUT2D eigenvalue weighted by Gasteiger charge is -2.22. The van der Waals surface area contributed by atoms with Gasteiger partial charge in [0.05, 0.1) is 5.52 Å². The van der Waals surface area contributed by atoms with E-state index in [0.717, 1.165) is 18.9 Å². The van der Waals surface area contributed by atoms with E-state index in [0.29, 0.717) is 11.4 Å². The van der Waals surface area contributed by atoms with E-state index in [4.69, 9.17) is 5.73 Å². The molecule has 2 aromatic rings. The molecule has 5 heteroatoms. The van der Waals surface area contributed by atoms with Crippen molar-refractivity contribution < 1.29 is 8.78 Å². The van der Waals surface area contributed by atoms with Crippen LogP contribution in [0.4, 0.5) is 14.7 Å². The van der Waals surface area contributed by atoms with Crippen LogP contribution in [0.5, 0.6) is 0 Å². The topological polar surface area (TPSA) is 43.8 Å². The van der Waals surface area contributed by atoms with Gasteiger partial charge in [-0.25, -0.2) is 13.8 Å². The van der Waals surface area contributed by atoms with E-state index in [-0.39, 0.29) is 17.5 Å². The summed E-state index contributed by atoms with van der Waals surface area (Å²) in [7, 11) is 0. The quantitative estimate of drug-likeness (QED) is 0.900. The lowest BCUT2D eigenvalue weighted by Crippen LogP contribution is -2.16. The van der Waals surface area contributed by atoms with E-state index in [1.54, 1.807) is 4.57 Å². The van der Waals surface area contributed by atoms with Gasteiger partial charge >= 0.3 is 0 Å². The Morgan fingerprint density at radius 2 is 2.00 bits per heavy atom. The van der Waals surface area contributed by atoms with E-state index < -0.39 is 11.6 Å². The molecule has 19 heavy (non-hydrogen) atoms. The molecule has 3 rings (SSSR count). The minimum atomic E-state index is -0.654. The molecule has 3 nitrogen and oxygen atoms in total. The molecule has 1 aliphatic rings. The zero-order valence-corrected chi connectivity index (χ0v) is 10.9. The molecular weight excluding hydrogens is 248 g/mol. The van der Waals surface area contributed by atoms with Crippen molar-refractivity contribution in [3.05, 3.63) is 23.8 Å². The number of anilines is 1. The molecule has 1 fully saturated rings. The minimum absolute atomic E-state index is 0.119. The predicted octanol–water partition coefficient (Wildman–Crippen LogP) is 3.65. The van der Waals surface area contributed by atoms with Crippen LogP contribution in [0.2, 0.25) is 0 Å². The maximum Gasteiger partial charge on any atom is 0.201 e. The molecule has 1 aromatic carbocycles. The first-order chi connectivity index (χ1) is 9.08. The zero-order valence-electron chi connectivity index (χ0n) is 10.9. The predicted molar refractivity (Wildman–Crippen MR) is 70.7 cm³/mol. The van der Waals surface area contributed by atoms with Gasteiger partial charge in [-0.05, 0) is 25.7 Å². The second-order valence-electron chi connectivity index (χ2n) is 5.38. The van der Waals surface area contributed by atoms with Gasteiger partial charge in [0.1, 0.15) is 11.3 Å². The molecule has 2 N–H and O–H groups in total. The number of nitrogen functional groups attached to an aromatic ring is 1. The lowest BCUT2D eigenvalue weighted by atomic mass is 9.99. The van der Waals surface area contributed by atoms with Gasteiger partial charge in [0.25, 0.3) is 0 Å². The molecule has 102 valence electrons. The highest BCUT2D eigenvalue weighted by atomic mass is 19.1. The maximum atomic E-state index is 13.7. The summed E-state index contributed by atoms with van der Waals surface area (Å²) in [6.07, 6.45) is 4.70. The summed E-state index contributed by atoms with van der Waals surface area (Å²) in [5, 5.41) is 0. The number of benzene rings is 1. The maximum absolute atomic E-state index is 13.7. The van der Waals surface area contributed by atoms with Crippen LogP contribution in [-0.2, 0) is 0 Å². The third-order valence-electron chi connectivity index (χ3n) is 4.23. The van der Waals surface area contributed by atoms with Gasteiger partial charge < -0.3 is 10.3 Å². The third-order valence-corrected chi connectivity index (χ3v) is 4.23. The van der Waals surface area contributed by atoms with Crippen LogP contribution in [0.3, 0.4) is 0 Å². The normalized spacial score (nSPS) is 18.3. The molecule has 1 heterocycles. The van der Waals surface area contributed by atoms with Crippen molar-refractivity contribution in [1.29, 1.82) is 0 Å². The molecule has 0 saturated heterocycles. The van der Waals surface area contributed by atoms with Crippen LogP contribution >= 0.6 is 0 Å². The van der Waals surface area contributed by atoms with E-state index in [9.17, 15) is 8.78 Å². The van der Waals surface area contributed by atoms with E-state index in [1.165, 1.54) is 18.9 Å². The molecule has 1 aliphatic carbocycles. The van der Waals surface area contributed by atoms with Gasteiger partial charge in [-0.1, -0.05) is 12.8 Å². The fourth-order valence-electron chi connectivity index (χ4n) is 3.22. The van der Waals surface area contributed by atoms with Crippen molar-refractivity contribution in [1.82, 2.24) is 9.55 Å². The molecule has 1 atom stereocenters. The highest BCUT2D eigenvalue weighted by molar-refractivity contribution is 5.79. The Morgan fingerprint density at radius 3 is 2.68 bits per heavy atom. The summed E-state index contributed by atoms with van der Waals surface area (Å²) >= 11 is 0. The number of nitrogens with two attached hydrogens (primary N) is 1. The number of nitrogens with zero attached hydrogens (tertiary/aromatic N) is 2. The van der Waals surface area contributed by atoms with Gasteiger partial charge in [0.15, 0.2) is 5.82 Å². The smallest absolute Gasteiger partial charge is 0.201 e. The number of hydrogen-bond donors (Lipinski definition) is 1. The van der Waals surface area contributed by atoms with Crippen LogP contribution in [0.15, 0.2) is 12.1 Å². The molecule has 0 aliphatic heterocycles. The molecule has 0 spiro atoms. The Hall–Kier alpha value is -1.65. The van der Waals surface area contributed by atoms with Crippen molar-refractivity contribution in [2.75, 3.05) is 5.73 Å². The van der Waals surface area contributed by atoms with Crippen LogP contribution in [0.25, 0.3) is 11.0 Å². The Kier molecular flexibility index (Phi) is 2.92. The fourth-order valence-corrected chi connectivity index (χ4v) is 3.22. The number of aromatic nitrogens is 2. The standard InChI is InChI=1S/C14H17F2N3/c1-8(9-4-2-3-5-9)19-12-7-10(15)6-11(16)13(12)18-14(19)17/h6-9H,2-5H2,1H3,(H2,17,18).